The Labute approximate surface area is 126 Å². The lowest BCUT2D eigenvalue weighted by Gasteiger charge is -2.28. The maximum Gasteiger partial charge on any atom is 0.0873 e. The molecule has 2 unspecified atom stereocenters. The molecule has 1 aromatic carbocycles. The van der Waals surface area contributed by atoms with Crippen LogP contribution in [-0.2, 0) is 6.42 Å². The zero-order valence-corrected chi connectivity index (χ0v) is 12.6. The number of hydrogen-bond donors (Lipinski definition) is 1. The van der Waals surface area contributed by atoms with Crippen molar-refractivity contribution in [3.05, 3.63) is 55.7 Å². The summed E-state index contributed by atoms with van der Waals surface area (Å²) in [4.78, 5) is 1.40. The highest BCUT2D eigenvalue weighted by Crippen LogP contribution is 2.44. The Balaban J connectivity index is 1.98. The van der Waals surface area contributed by atoms with E-state index < -0.39 is 6.10 Å². The molecular weight excluding hydrogens is 299 g/mol. The van der Waals surface area contributed by atoms with Crippen LogP contribution in [0.4, 0.5) is 0 Å². The number of benzene rings is 1. The van der Waals surface area contributed by atoms with Gasteiger partial charge in [-0.1, -0.05) is 35.3 Å². The average molecular weight is 313 g/mol. The van der Waals surface area contributed by atoms with Gasteiger partial charge in [-0.3, -0.25) is 0 Å². The molecule has 0 aliphatic heterocycles. The van der Waals surface area contributed by atoms with Crippen molar-refractivity contribution >= 4 is 34.5 Å². The predicted octanol–water partition coefficient (Wildman–Crippen LogP) is 5.21. The van der Waals surface area contributed by atoms with Gasteiger partial charge >= 0.3 is 0 Å². The average Bonchev–Trinajstić information content (AvgIpc) is 2.89. The van der Waals surface area contributed by atoms with Crippen molar-refractivity contribution in [2.24, 2.45) is 0 Å². The molecule has 19 heavy (non-hydrogen) atoms. The number of fused-ring (bicyclic) bond motifs is 1. The highest BCUT2D eigenvalue weighted by atomic mass is 35.5. The Bertz CT molecular complexity index is 594. The molecule has 0 fully saturated rings. The Morgan fingerprint density at radius 2 is 2.11 bits per heavy atom. The second-order valence-corrected chi connectivity index (χ2v) is 6.67. The van der Waals surface area contributed by atoms with E-state index in [2.05, 4.69) is 11.4 Å². The first kappa shape index (κ1) is 13.4. The third-order valence-corrected chi connectivity index (χ3v) is 5.61. The van der Waals surface area contributed by atoms with Crippen LogP contribution in [0.2, 0.25) is 10.0 Å². The zero-order chi connectivity index (χ0) is 13.4. The standard InChI is InChI=1S/C15H14Cl2OS/c16-12-5-1-4-11(14(12)17)15(18)10-3-2-6-13-9(10)7-8-19-13/h1,4-5,7-8,10,15,18H,2-3,6H2. The lowest BCUT2D eigenvalue weighted by atomic mass is 9.81. The molecule has 0 amide bonds. The fourth-order valence-corrected chi connectivity index (χ4v) is 4.23. The van der Waals surface area contributed by atoms with Crippen molar-refractivity contribution < 1.29 is 5.11 Å². The first-order chi connectivity index (χ1) is 9.18. The molecule has 100 valence electrons. The van der Waals surface area contributed by atoms with E-state index in [0.717, 1.165) is 24.8 Å². The third kappa shape index (κ3) is 2.43. The van der Waals surface area contributed by atoms with E-state index in [-0.39, 0.29) is 5.92 Å². The van der Waals surface area contributed by atoms with Crippen molar-refractivity contribution in [1.82, 2.24) is 0 Å². The molecule has 2 aromatic rings. The number of halogens is 2. The minimum atomic E-state index is -0.583. The fourth-order valence-electron chi connectivity index (χ4n) is 2.82. The molecule has 3 rings (SSSR count). The molecule has 1 nitrogen and oxygen atoms in total. The van der Waals surface area contributed by atoms with Crippen molar-refractivity contribution in [2.75, 3.05) is 0 Å². The van der Waals surface area contributed by atoms with Crippen LogP contribution in [0, 0.1) is 0 Å². The quantitative estimate of drug-likeness (QED) is 0.807. The monoisotopic (exact) mass is 312 g/mol. The van der Waals surface area contributed by atoms with Gasteiger partial charge in [0.1, 0.15) is 0 Å². The van der Waals surface area contributed by atoms with Crippen molar-refractivity contribution in [2.45, 2.75) is 31.3 Å². The zero-order valence-electron chi connectivity index (χ0n) is 10.3. The molecule has 4 heteroatoms. The van der Waals surface area contributed by atoms with Gasteiger partial charge in [0.05, 0.1) is 16.1 Å². The van der Waals surface area contributed by atoms with Gasteiger partial charge in [0.25, 0.3) is 0 Å². The number of hydrogen-bond acceptors (Lipinski definition) is 2. The molecule has 2 atom stereocenters. The van der Waals surface area contributed by atoms with Gasteiger partial charge in [-0.2, -0.15) is 0 Å². The first-order valence-electron chi connectivity index (χ1n) is 6.36. The predicted molar refractivity (Wildman–Crippen MR) is 81.4 cm³/mol. The van der Waals surface area contributed by atoms with Crippen LogP contribution >= 0.6 is 34.5 Å². The fraction of sp³-hybridized carbons (Fsp3) is 0.333. The molecule has 1 aromatic heterocycles. The lowest BCUT2D eigenvalue weighted by Crippen LogP contribution is -2.16. The van der Waals surface area contributed by atoms with Gasteiger partial charge in [0.2, 0.25) is 0 Å². The lowest BCUT2D eigenvalue weighted by molar-refractivity contribution is 0.136. The number of aryl methyl sites for hydroxylation is 1. The van der Waals surface area contributed by atoms with Crippen LogP contribution in [-0.4, -0.2) is 5.11 Å². The SMILES string of the molecule is OC(c1cccc(Cl)c1Cl)C1CCCc2sccc21. The molecule has 1 heterocycles. The van der Waals surface area contributed by atoms with Gasteiger partial charge in [0, 0.05) is 16.4 Å². The normalized spacial score (nSPS) is 20.1. The Kier molecular flexibility index (Phi) is 3.86. The van der Waals surface area contributed by atoms with Gasteiger partial charge in [-0.25, -0.2) is 0 Å². The van der Waals surface area contributed by atoms with Crippen LogP contribution < -0.4 is 0 Å². The maximum atomic E-state index is 10.7. The molecule has 0 saturated carbocycles. The summed E-state index contributed by atoms with van der Waals surface area (Å²) in [6, 6.07) is 7.58. The number of thiophene rings is 1. The third-order valence-electron chi connectivity index (χ3n) is 3.78. The largest absolute Gasteiger partial charge is 0.388 e. The summed E-state index contributed by atoms with van der Waals surface area (Å²) in [6.07, 6.45) is 2.65. The van der Waals surface area contributed by atoms with E-state index in [9.17, 15) is 5.11 Å². The molecule has 1 aliphatic carbocycles. The van der Waals surface area contributed by atoms with Crippen LogP contribution in [0.3, 0.4) is 0 Å². The van der Waals surface area contributed by atoms with Gasteiger partial charge in [0.15, 0.2) is 0 Å². The van der Waals surface area contributed by atoms with Gasteiger partial charge in [-0.05, 0) is 42.3 Å². The van der Waals surface area contributed by atoms with Crippen LogP contribution in [0.5, 0.6) is 0 Å². The second kappa shape index (κ2) is 5.45. The van der Waals surface area contributed by atoms with Crippen molar-refractivity contribution in [1.29, 1.82) is 0 Å². The molecule has 1 N–H and O–H groups in total. The smallest absolute Gasteiger partial charge is 0.0873 e. The Morgan fingerprint density at radius 3 is 2.95 bits per heavy atom. The molecule has 0 saturated heterocycles. The molecule has 1 aliphatic rings. The van der Waals surface area contributed by atoms with E-state index >= 15 is 0 Å². The Morgan fingerprint density at radius 1 is 1.26 bits per heavy atom. The summed E-state index contributed by atoms with van der Waals surface area (Å²) in [6.45, 7) is 0. The molecule has 0 spiro atoms. The van der Waals surface area contributed by atoms with E-state index in [1.54, 1.807) is 17.4 Å². The summed E-state index contributed by atoms with van der Waals surface area (Å²) < 4.78 is 0. The molecular formula is C15H14Cl2OS. The second-order valence-electron chi connectivity index (χ2n) is 4.89. The topological polar surface area (TPSA) is 20.2 Å². The minimum Gasteiger partial charge on any atom is -0.388 e. The highest BCUT2D eigenvalue weighted by Gasteiger charge is 2.29. The van der Waals surface area contributed by atoms with Crippen LogP contribution in [0.1, 0.15) is 40.9 Å². The van der Waals surface area contributed by atoms with Crippen LogP contribution in [0.15, 0.2) is 29.6 Å². The van der Waals surface area contributed by atoms with Crippen molar-refractivity contribution in [3.8, 4) is 0 Å². The molecule has 0 radical (unpaired) electrons. The maximum absolute atomic E-state index is 10.7. The summed E-state index contributed by atoms with van der Waals surface area (Å²) in [5.41, 5.74) is 2.01. The Hall–Kier alpha value is -0.540. The van der Waals surface area contributed by atoms with E-state index in [0.29, 0.717) is 10.0 Å². The van der Waals surface area contributed by atoms with Crippen molar-refractivity contribution in [3.63, 3.8) is 0 Å². The van der Waals surface area contributed by atoms with Gasteiger partial charge in [-0.15, -0.1) is 11.3 Å². The number of rotatable bonds is 2. The summed E-state index contributed by atoms with van der Waals surface area (Å²) in [7, 11) is 0. The number of aliphatic hydroxyl groups is 1. The van der Waals surface area contributed by atoms with E-state index in [4.69, 9.17) is 23.2 Å². The van der Waals surface area contributed by atoms with E-state index in [1.807, 2.05) is 12.1 Å². The minimum absolute atomic E-state index is 0.131. The first-order valence-corrected chi connectivity index (χ1v) is 8.00. The highest BCUT2D eigenvalue weighted by molar-refractivity contribution is 7.10. The summed E-state index contributed by atoms with van der Waals surface area (Å²) in [5.74, 6) is 0.131. The summed E-state index contributed by atoms with van der Waals surface area (Å²) in [5, 5.41) is 13.8. The summed E-state index contributed by atoms with van der Waals surface area (Å²) >= 11 is 14.0. The van der Waals surface area contributed by atoms with Crippen LogP contribution in [0.25, 0.3) is 0 Å². The van der Waals surface area contributed by atoms with E-state index in [1.165, 1.54) is 10.4 Å². The number of aliphatic hydroxyl groups excluding tert-OH is 1. The molecule has 0 bridgehead atoms. The van der Waals surface area contributed by atoms with Gasteiger partial charge < -0.3 is 5.11 Å².